The quantitative estimate of drug-likeness (QED) is 0.904. The van der Waals surface area contributed by atoms with Crippen LogP contribution in [0.15, 0.2) is 36.7 Å². The van der Waals surface area contributed by atoms with Crippen LogP contribution in [-0.2, 0) is 21.5 Å². The van der Waals surface area contributed by atoms with Gasteiger partial charge < -0.3 is 14.7 Å². The summed E-state index contributed by atoms with van der Waals surface area (Å²) in [7, 11) is 0. The number of piperidine rings is 1. The van der Waals surface area contributed by atoms with Crippen LogP contribution in [0, 0.1) is 6.92 Å². The summed E-state index contributed by atoms with van der Waals surface area (Å²) in [6, 6.07) is 7.66. The van der Waals surface area contributed by atoms with E-state index in [4.69, 9.17) is 4.74 Å². The van der Waals surface area contributed by atoms with Crippen LogP contribution in [0.3, 0.4) is 0 Å². The zero-order valence-electron chi connectivity index (χ0n) is 14.6. The van der Waals surface area contributed by atoms with Crippen molar-refractivity contribution in [2.75, 3.05) is 13.1 Å². The monoisotopic (exact) mass is 355 g/mol. The molecule has 0 spiro atoms. The van der Waals surface area contributed by atoms with Gasteiger partial charge in [0.05, 0.1) is 6.20 Å². The van der Waals surface area contributed by atoms with Crippen molar-refractivity contribution in [1.29, 1.82) is 0 Å². The van der Waals surface area contributed by atoms with Gasteiger partial charge in [0.25, 0.3) is 5.91 Å². The molecule has 2 aromatic rings. The van der Waals surface area contributed by atoms with E-state index in [1.807, 2.05) is 31.2 Å². The van der Waals surface area contributed by atoms with E-state index in [9.17, 15) is 14.7 Å². The van der Waals surface area contributed by atoms with E-state index in [2.05, 4.69) is 5.10 Å². The number of hydrogen-bond acceptors (Lipinski definition) is 4. The molecule has 4 rings (SSSR count). The zero-order valence-corrected chi connectivity index (χ0v) is 14.6. The summed E-state index contributed by atoms with van der Waals surface area (Å²) in [5.74, 6) is -0.219. The molecular weight excluding hydrogens is 334 g/mol. The number of hydrogen-bond donors (Lipinski definition) is 1. The second-order valence-electron chi connectivity index (χ2n) is 7.04. The highest BCUT2D eigenvalue weighted by Gasteiger charge is 2.46. The number of fused-ring (bicyclic) bond motifs is 1. The molecule has 2 aliphatic rings. The molecule has 3 heterocycles. The van der Waals surface area contributed by atoms with E-state index in [0.29, 0.717) is 32.4 Å². The number of carbonyl (C=O) groups excluding carboxylic acids is 1. The molecule has 0 saturated carbocycles. The van der Waals surface area contributed by atoms with Gasteiger partial charge in [-0.3, -0.25) is 9.48 Å². The first-order valence-corrected chi connectivity index (χ1v) is 8.78. The summed E-state index contributed by atoms with van der Waals surface area (Å²) in [6.07, 6.45) is 4.11. The maximum absolute atomic E-state index is 12.8. The molecule has 1 aromatic heterocycles. The van der Waals surface area contributed by atoms with Crippen LogP contribution in [0.2, 0.25) is 0 Å². The second kappa shape index (κ2) is 6.16. The van der Waals surface area contributed by atoms with Gasteiger partial charge in [-0.2, -0.15) is 5.10 Å². The summed E-state index contributed by atoms with van der Waals surface area (Å²) in [6.45, 7) is 2.63. The number of benzene rings is 1. The smallest absolute Gasteiger partial charge is 0.331 e. The first-order valence-electron chi connectivity index (χ1n) is 8.78. The number of carbonyl (C=O) groups is 2. The molecule has 7 heteroatoms. The van der Waals surface area contributed by atoms with Gasteiger partial charge in [0.15, 0.2) is 11.6 Å². The molecule has 1 N–H and O–H groups in total. The first kappa shape index (κ1) is 16.6. The lowest BCUT2D eigenvalue weighted by atomic mass is 9.87. The summed E-state index contributed by atoms with van der Waals surface area (Å²) in [4.78, 5) is 26.5. The molecule has 1 fully saturated rings. The number of aliphatic carboxylic acids is 1. The van der Waals surface area contributed by atoms with Crippen molar-refractivity contribution in [3.63, 3.8) is 0 Å². The summed E-state index contributed by atoms with van der Waals surface area (Å²) in [5, 5.41) is 14.0. The van der Waals surface area contributed by atoms with Gasteiger partial charge in [0, 0.05) is 38.5 Å². The molecule has 2 aliphatic heterocycles. The van der Waals surface area contributed by atoms with Crippen molar-refractivity contribution >= 4 is 11.9 Å². The first-order chi connectivity index (χ1) is 12.5. The van der Waals surface area contributed by atoms with Crippen LogP contribution < -0.4 is 4.74 Å². The van der Waals surface area contributed by atoms with Crippen LogP contribution in [0.1, 0.15) is 24.0 Å². The number of aryl methyl sites for hydroxylation is 1. The van der Waals surface area contributed by atoms with Gasteiger partial charge in [-0.05, 0) is 24.1 Å². The van der Waals surface area contributed by atoms with Crippen molar-refractivity contribution in [2.45, 2.75) is 37.8 Å². The standard InChI is InChI=1S/C19H21N3O4/c1-13-11-20-22(12-13)19(18(24)25)6-8-21(9-7-19)17(23)16-10-14-4-2-3-5-15(14)26-16/h2-5,11-12,16H,6-10H2,1H3,(H,24,25)/t16-/m1/s1. The topological polar surface area (TPSA) is 84.7 Å². The molecule has 1 aromatic carbocycles. The van der Waals surface area contributed by atoms with Crippen molar-refractivity contribution in [3.05, 3.63) is 47.8 Å². The predicted molar refractivity (Wildman–Crippen MR) is 92.9 cm³/mol. The number of aromatic nitrogens is 2. The number of carboxylic acid groups (broad SMARTS) is 1. The minimum absolute atomic E-state index is 0.0724. The Hall–Kier alpha value is -2.83. The number of likely N-dealkylation sites (tertiary alicyclic amines) is 1. The molecular formula is C19H21N3O4. The highest BCUT2D eigenvalue weighted by Crippen LogP contribution is 2.33. The lowest BCUT2D eigenvalue weighted by molar-refractivity contribution is -0.154. The molecule has 1 saturated heterocycles. The lowest BCUT2D eigenvalue weighted by Gasteiger charge is -2.39. The fourth-order valence-electron chi connectivity index (χ4n) is 3.81. The van der Waals surface area contributed by atoms with Crippen molar-refractivity contribution < 1.29 is 19.4 Å². The van der Waals surface area contributed by atoms with E-state index in [-0.39, 0.29) is 5.91 Å². The van der Waals surface area contributed by atoms with Gasteiger partial charge >= 0.3 is 5.97 Å². The Morgan fingerprint density at radius 2 is 2.00 bits per heavy atom. The van der Waals surface area contributed by atoms with Crippen LogP contribution in [-0.4, -0.2) is 50.9 Å². The van der Waals surface area contributed by atoms with Gasteiger partial charge in [-0.15, -0.1) is 0 Å². The average Bonchev–Trinajstić information content (AvgIpc) is 3.27. The maximum Gasteiger partial charge on any atom is 0.331 e. The largest absolute Gasteiger partial charge is 0.480 e. The molecule has 1 atom stereocenters. The fourth-order valence-corrected chi connectivity index (χ4v) is 3.81. The van der Waals surface area contributed by atoms with Crippen LogP contribution in [0.25, 0.3) is 0 Å². The molecule has 26 heavy (non-hydrogen) atoms. The zero-order chi connectivity index (χ0) is 18.3. The number of carboxylic acids is 1. The number of ether oxygens (including phenoxy) is 1. The number of nitrogens with zero attached hydrogens (tertiary/aromatic N) is 3. The Balaban J connectivity index is 1.46. The Labute approximate surface area is 151 Å². The maximum atomic E-state index is 12.8. The van der Waals surface area contributed by atoms with Gasteiger partial charge in [-0.1, -0.05) is 18.2 Å². The molecule has 1 amide bonds. The predicted octanol–water partition coefficient (Wildman–Crippen LogP) is 1.60. The van der Waals surface area contributed by atoms with Gasteiger partial charge in [-0.25, -0.2) is 4.79 Å². The lowest BCUT2D eigenvalue weighted by Crippen LogP contribution is -2.54. The summed E-state index contributed by atoms with van der Waals surface area (Å²) in [5.41, 5.74) is 0.862. The van der Waals surface area contributed by atoms with E-state index in [0.717, 1.165) is 16.9 Å². The van der Waals surface area contributed by atoms with E-state index < -0.39 is 17.6 Å². The molecule has 136 valence electrons. The van der Waals surface area contributed by atoms with Crippen molar-refractivity contribution in [2.24, 2.45) is 0 Å². The Kier molecular flexibility index (Phi) is 3.94. The highest BCUT2D eigenvalue weighted by atomic mass is 16.5. The van der Waals surface area contributed by atoms with Crippen molar-refractivity contribution in [1.82, 2.24) is 14.7 Å². The fraction of sp³-hybridized carbons (Fsp3) is 0.421. The van der Waals surface area contributed by atoms with Gasteiger partial charge in [0.1, 0.15) is 5.75 Å². The minimum atomic E-state index is -1.09. The Morgan fingerprint density at radius 3 is 2.62 bits per heavy atom. The Bertz CT molecular complexity index is 827. The molecule has 0 aliphatic carbocycles. The summed E-state index contributed by atoms with van der Waals surface area (Å²) < 4.78 is 7.32. The number of rotatable bonds is 3. The molecule has 0 bridgehead atoms. The van der Waals surface area contributed by atoms with Crippen LogP contribution >= 0.6 is 0 Å². The van der Waals surface area contributed by atoms with E-state index >= 15 is 0 Å². The van der Waals surface area contributed by atoms with E-state index in [1.165, 1.54) is 4.68 Å². The minimum Gasteiger partial charge on any atom is -0.480 e. The second-order valence-corrected chi connectivity index (χ2v) is 7.04. The average molecular weight is 355 g/mol. The van der Waals surface area contributed by atoms with Crippen molar-refractivity contribution in [3.8, 4) is 5.75 Å². The number of para-hydroxylation sites is 1. The molecule has 7 nitrogen and oxygen atoms in total. The third-order valence-corrected chi connectivity index (χ3v) is 5.37. The SMILES string of the molecule is Cc1cnn(C2(C(=O)O)CCN(C(=O)[C@H]3Cc4ccccc4O3)CC2)c1. The normalized spacial score (nSPS) is 21.1. The number of amides is 1. The van der Waals surface area contributed by atoms with Gasteiger partial charge in [0.2, 0.25) is 0 Å². The highest BCUT2D eigenvalue weighted by molar-refractivity contribution is 5.83. The van der Waals surface area contributed by atoms with E-state index in [1.54, 1.807) is 17.3 Å². The van der Waals surface area contributed by atoms with Crippen LogP contribution in [0.5, 0.6) is 5.75 Å². The Morgan fingerprint density at radius 1 is 1.27 bits per heavy atom. The summed E-state index contributed by atoms with van der Waals surface area (Å²) >= 11 is 0. The molecule has 0 unspecified atom stereocenters. The third kappa shape index (κ3) is 2.64. The molecule has 0 radical (unpaired) electrons. The third-order valence-electron chi connectivity index (χ3n) is 5.37. The van der Waals surface area contributed by atoms with Crippen LogP contribution in [0.4, 0.5) is 0 Å².